The van der Waals surface area contributed by atoms with E-state index in [0.29, 0.717) is 38.2 Å². The van der Waals surface area contributed by atoms with Crippen molar-refractivity contribution in [1.82, 2.24) is 18.8 Å². The molecule has 0 spiro atoms. The quantitative estimate of drug-likeness (QED) is 0.659. The lowest BCUT2D eigenvalue weighted by Gasteiger charge is -2.34. The summed E-state index contributed by atoms with van der Waals surface area (Å²) in [5.74, 6) is 1.15. The predicted octanol–water partition coefficient (Wildman–Crippen LogP) is 2.63. The van der Waals surface area contributed by atoms with Gasteiger partial charge in [0.25, 0.3) is 0 Å². The van der Waals surface area contributed by atoms with Crippen LogP contribution in [0.4, 0.5) is 0 Å². The first-order valence-corrected chi connectivity index (χ1v) is 12.2. The number of nitrogens with zero attached hydrogens (tertiary/aromatic N) is 4. The van der Waals surface area contributed by atoms with Gasteiger partial charge in [-0.2, -0.15) is 4.31 Å². The SMILES string of the molecule is CCC(=O)c1cccc(S(=O)(=O)N2CCN(Cc3c(C)nc4n3CCCC4)CC2)c1. The standard InChI is InChI=1S/C22H30N4O3S/c1-3-21(27)18-7-6-8-19(15-18)30(28,29)25-13-11-24(12-14-25)16-20-17(2)23-22-9-4-5-10-26(20)22/h6-8,15H,3-5,9-14,16H2,1-2H3. The van der Waals surface area contributed by atoms with E-state index in [1.54, 1.807) is 25.1 Å². The van der Waals surface area contributed by atoms with Gasteiger partial charge >= 0.3 is 0 Å². The Hall–Kier alpha value is -2.03. The number of piperazine rings is 1. The zero-order valence-corrected chi connectivity index (χ0v) is 18.6. The Balaban J connectivity index is 1.43. The molecule has 4 rings (SSSR count). The van der Waals surface area contributed by atoms with E-state index in [1.807, 2.05) is 0 Å². The van der Waals surface area contributed by atoms with Gasteiger partial charge in [-0.1, -0.05) is 19.1 Å². The molecule has 30 heavy (non-hydrogen) atoms. The molecule has 2 aliphatic heterocycles. The molecule has 0 atom stereocenters. The normalized spacial score (nSPS) is 18.3. The van der Waals surface area contributed by atoms with Crippen LogP contribution in [-0.4, -0.2) is 59.1 Å². The molecule has 0 radical (unpaired) electrons. The fourth-order valence-corrected chi connectivity index (χ4v) is 5.87. The van der Waals surface area contributed by atoms with Crippen LogP contribution in [0.25, 0.3) is 0 Å². The Morgan fingerprint density at radius 2 is 1.87 bits per heavy atom. The third kappa shape index (κ3) is 4.08. The summed E-state index contributed by atoms with van der Waals surface area (Å²) in [5.41, 5.74) is 2.82. The van der Waals surface area contributed by atoms with E-state index in [4.69, 9.17) is 4.98 Å². The number of benzene rings is 1. The number of carbonyl (C=O) groups is 1. The molecule has 3 heterocycles. The maximum absolute atomic E-state index is 13.1. The summed E-state index contributed by atoms with van der Waals surface area (Å²) in [6.07, 6.45) is 3.81. The summed E-state index contributed by atoms with van der Waals surface area (Å²) in [7, 11) is -3.60. The number of hydrogen-bond acceptors (Lipinski definition) is 5. The lowest BCUT2D eigenvalue weighted by Crippen LogP contribution is -2.48. The maximum atomic E-state index is 13.1. The molecule has 0 aliphatic carbocycles. The summed E-state index contributed by atoms with van der Waals surface area (Å²) in [5, 5.41) is 0. The highest BCUT2D eigenvalue weighted by molar-refractivity contribution is 7.89. The van der Waals surface area contributed by atoms with Gasteiger partial charge in [0.05, 0.1) is 16.3 Å². The fraction of sp³-hybridized carbons (Fsp3) is 0.545. The Morgan fingerprint density at radius 1 is 1.10 bits per heavy atom. The average molecular weight is 431 g/mol. The van der Waals surface area contributed by atoms with E-state index >= 15 is 0 Å². The molecule has 1 saturated heterocycles. The molecule has 0 bridgehead atoms. The van der Waals surface area contributed by atoms with Crippen molar-refractivity contribution < 1.29 is 13.2 Å². The van der Waals surface area contributed by atoms with E-state index in [9.17, 15) is 13.2 Å². The number of aryl methyl sites for hydroxylation is 2. The number of rotatable bonds is 6. The van der Waals surface area contributed by atoms with Gasteiger partial charge in [0.15, 0.2) is 5.78 Å². The van der Waals surface area contributed by atoms with Crippen molar-refractivity contribution in [3.8, 4) is 0 Å². The van der Waals surface area contributed by atoms with Crippen molar-refractivity contribution in [2.75, 3.05) is 26.2 Å². The number of fused-ring (bicyclic) bond motifs is 1. The van der Waals surface area contributed by atoms with E-state index in [1.165, 1.54) is 34.7 Å². The predicted molar refractivity (Wildman–Crippen MR) is 115 cm³/mol. The second-order valence-corrected chi connectivity index (χ2v) is 10.1. The van der Waals surface area contributed by atoms with Gasteiger partial charge in [0.2, 0.25) is 10.0 Å². The van der Waals surface area contributed by atoms with Crippen molar-refractivity contribution in [2.24, 2.45) is 0 Å². The summed E-state index contributed by atoms with van der Waals surface area (Å²) in [6.45, 7) is 7.98. The van der Waals surface area contributed by atoms with Crippen LogP contribution >= 0.6 is 0 Å². The number of carbonyl (C=O) groups excluding carboxylic acids is 1. The second kappa shape index (κ2) is 8.61. The third-order valence-electron chi connectivity index (χ3n) is 6.20. The first-order chi connectivity index (χ1) is 14.4. The van der Waals surface area contributed by atoms with Crippen LogP contribution in [0, 0.1) is 6.92 Å². The number of Topliss-reactive ketones (excluding diaryl/α,β-unsaturated/α-hetero) is 1. The second-order valence-electron chi connectivity index (χ2n) is 8.15. The average Bonchev–Trinajstić information content (AvgIpc) is 3.08. The minimum atomic E-state index is -3.60. The summed E-state index contributed by atoms with van der Waals surface area (Å²) in [6, 6.07) is 6.42. The lowest BCUT2D eigenvalue weighted by molar-refractivity contribution is 0.0988. The summed E-state index contributed by atoms with van der Waals surface area (Å²) >= 11 is 0. The molecule has 1 aromatic heterocycles. The van der Waals surface area contributed by atoms with Crippen LogP contribution in [0.5, 0.6) is 0 Å². The summed E-state index contributed by atoms with van der Waals surface area (Å²) < 4.78 is 30.1. The lowest BCUT2D eigenvalue weighted by atomic mass is 10.1. The van der Waals surface area contributed by atoms with Gasteiger partial charge in [0, 0.05) is 57.7 Å². The molecule has 0 N–H and O–H groups in total. The van der Waals surface area contributed by atoms with Crippen LogP contribution in [0.1, 0.15) is 53.8 Å². The Kier molecular flexibility index (Phi) is 6.09. The minimum absolute atomic E-state index is 0.0450. The van der Waals surface area contributed by atoms with Crippen LogP contribution in [0.3, 0.4) is 0 Å². The number of sulfonamides is 1. The molecule has 8 heteroatoms. The van der Waals surface area contributed by atoms with Gasteiger partial charge in [0.1, 0.15) is 5.82 Å². The summed E-state index contributed by atoms with van der Waals surface area (Å²) in [4.78, 5) is 19.2. The zero-order chi connectivity index (χ0) is 21.3. The number of hydrogen-bond donors (Lipinski definition) is 0. The highest BCUT2D eigenvalue weighted by Crippen LogP contribution is 2.23. The van der Waals surface area contributed by atoms with Crippen molar-refractivity contribution in [3.05, 3.63) is 47.0 Å². The van der Waals surface area contributed by atoms with Crippen LogP contribution < -0.4 is 0 Å². The van der Waals surface area contributed by atoms with Gasteiger partial charge in [-0.25, -0.2) is 13.4 Å². The van der Waals surface area contributed by atoms with Gasteiger partial charge in [-0.05, 0) is 31.9 Å². The fourth-order valence-electron chi connectivity index (χ4n) is 4.40. The monoisotopic (exact) mass is 430 g/mol. The Morgan fingerprint density at radius 3 is 2.60 bits per heavy atom. The molecular formula is C22H30N4O3S. The Bertz CT molecular complexity index is 1040. The van der Waals surface area contributed by atoms with Crippen LogP contribution in [0.15, 0.2) is 29.2 Å². The van der Waals surface area contributed by atoms with Gasteiger partial charge < -0.3 is 4.57 Å². The zero-order valence-electron chi connectivity index (χ0n) is 17.8. The van der Waals surface area contributed by atoms with E-state index < -0.39 is 10.0 Å². The molecule has 2 aliphatic rings. The van der Waals surface area contributed by atoms with Crippen molar-refractivity contribution >= 4 is 15.8 Å². The van der Waals surface area contributed by atoms with E-state index in [2.05, 4.69) is 16.4 Å². The highest BCUT2D eigenvalue weighted by Gasteiger charge is 2.30. The molecule has 0 unspecified atom stereocenters. The van der Waals surface area contributed by atoms with Gasteiger partial charge in [-0.3, -0.25) is 9.69 Å². The molecule has 2 aromatic rings. The van der Waals surface area contributed by atoms with E-state index in [0.717, 1.165) is 25.2 Å². The van der Waals surface area contributed by atoms with Crippen molar-refractivity contribution in [3.63, 3.8) is 0 Å². The largest absolute Gasteiger partial charge is 0.331 e. The molecule has 1 aromatic carbocycles. The molecule has 1 fully saturated rings. The minimum Gasteiger partial charge on any atom is -0.331 e. The van der Waals surface area contributed by atoms with Crippen molar-refractivity contribution in [1.29, 1.82) is 0 Å². The number of ketones is 1. The van der Waals surface area contributed by atoms with Crippen molar-refractivity contribution in [2.45, 2.75) is 57.5 Å². The first kappa shape index (κ1) is 21.2. The molecular weight excluding hydrogens is 400 g/mol. The Labute approximate surface area is 178 Å². The van der Waals surface area contributed by atoms with Crippen LogP contribution in [-0.2, 0) is 29.5 Å². The molecule has 0 saturated carbocycles. The highest BCUT2D eigenvalue weighted by atomic mass is 32.2. The maximum Gasteiger partial charge on any atom is 0.243 e. The number of imidazole rings is 1. The topological polar surface area (TPSA) is 75.5 Å². The molecule has 0 amide bonds. The van der Waals surface area contributed by atoms with Gasteiger partial charge in [-0.15, -0.1) is 0 Å². The third-order valence-corrected chi connectivity index (χ3v) is 8.10. The smallest absolute Gasteiger partial charge is 0.243 e. The first-order valence-electron chi connectivity index (χ1n) is 10.8. The molecule has 162 valence electrons. The van der Waals surface area contributed by atoms with Crippen LogP contribution in [0.2, 0.25) is 0 Å². The molecule has 7 nitrogen and oxygen atoms in total. The number of aromatic nitrogens is 2. The van der Waals surface area contributed by atoms with E-state index in [-0.39, 0.29) is 10.7 Å².